The first-order chi connectivity index (χ1) is 22.9. The largest absolute Gasteiger partial charge is 0.416 e. The molecule has 0 bridgehead atoms. The molecule has 0 atom stereocenters. The van der Waals surface area contributed by atoms with E-state index in [0.717, 1.165) is 35.6 Å². The van der Waals surface area contributed by atoms with Crippen molar-refractivity contribution in [2.24, 2.45) is 0 Å². The second-order valence-electron chi connectivity index (χ2n) is 10.5. The highest BCUT2D eigenvalue weighted by molar-refractivity contribution is 6.08. The molecule has 7 rings (SSSR count). The summed E-state index contributed by atoms with van der Waals surface area (Å²) in [5, 5.41) is 2.61. The van der Waals surface area contributed by atoms with E-state index < -0.39 is 29.4 Å². The number of alkyl halides is 6. The van der Waals surface area contributed by atoms with Crippen LogP contribution < -0.4 is 11.1 Å². The van der Waals surface area contributed by atoms with Crippen LogP contribution in [0, 0.1) is 0 Å². The van der Waals surface area contributed by atoms with Crippen molar-refractivity contribution in [3.05, 3.63) is 145 Å². The van der Waals surface area contributed by atoms with Gasteiger partial charge in [-0.3, -0.25) is 13.9 Å². The standard InChI is InChI=1S/C21H14F3N3O.C14H10F3N3/c22-21(23,24)15-11-17-19(27(13-25-17)16-9-5-2-6-10-16)18(12-15)26-20(28)14-7-3-1-4-8-14;15-14(16,17)9-6-11(18)13-12(7-9)19-8-20(13)10-4-2-1-3-5-10/h1-13H,(H,26,28);1-8H,18H2. The smallest absolute Gasteiger partial charge is 0.397 e. The average Bonchev–Trinajstić information content (AvgIpc) is 3.71. The van der Waals surface area contributed by atoms with E-state index in [4.69, 9.17) is 5.73 Å². The van der Waals surface area contributed by atoms with E-state index in [2.05, 4.69) is 15.3 Å². The number of imidazole rings is 2. The Kier molecular flexibility index (Phi) is 8.36. The van der Waals surface area contributed by atoms with Crippen LogP contribution in [0.3, 0.4) is 0 Å². The van der Waals surface area contributed by atoms with Crippen LogP contribution in [0.4, 0.5) is 37.7 Å². The Balaban J connectivity index is 0.000000177. The summed E-state index contributed by atoms with van der Waals surface area (Å²) in [5.74, 6) is -0.498. The molecular weight excluding hydrogens is 634 g/mol. The molecule has 7 nitrogen and oxygen atoms in total. The molecule has 0 saturated heterocycles. The Labute approximate surface area is 268 Å². The second kappa shape index (κ2) is 12.6. The van der Waals surface area contributed by atoms with Crippen molar-refractivity contribution in [2.75, 3.05) is 11.1 Å². The number of carbonyl (C=O) groups excluding carboxylic acids is 1. The van der Waals surface area contributed by atoms with Crippen molar-refractivity contribution in [2.45, 2.75) is 12.4 Å². The Morgan fingerprint density at radius 2 is 1.04 bits per heavy atom. The number of nitrogens with one attached hydrogen (secondary N) is 1. The summed E-state index contributed by atoms with van der Waals surface area (Å²) in [6.45, 7) is 0. The molecule has 242 valence electrons. The second-order valence-corrected chi connectivity index (χ2v) is 10.5. The number of amides is 1. The van der Waals surface area contributed by atoms with Gasteiger partial charge in [0.05, 0.1) is 44.6 Å². The molecule has 0 unspecified atom stereocenters. The van der Waals surface area contributed by atoms with E-state index in [9.17, 15) is 31.1 Å². The van der Waals surface area contributed by atoms with Crippen LogP contribution in [0.5, 0.6) is 0 Å². The molecule has 3 N–H and O–H groups in total. The molecule has 0 saturated carbocycles. The number of carbonyl (C=O) groups is 1. The lowest BCUT2D eigenvalue weighted by molar-refractivity contribution is -0.138. The van der Waals surface area contributed by atoms with Crippen LogP contribution in [-0.4, -0.2) is 25.0 Å². The van der Waals surface area contributed by atoms with Crippen molar-refractivity contribution in [1.82, 2.24) is 19.1 Å². The number of nitrogens with two attached hydrogens (primary N) is 1. The highest BCUT2D eigenvalue weighted by atomic mass is 19.4. The topological polar surface area (TPSA) is 90.8 Å². The first-order valence-electron chi connectivity index (χ1n) is 14.3. The molecule has 0 spiro atoms. The predicted molar refractivity (Wildman–Crippen MR) is 171 cm³/mol. The zero-order chi connectivity index (χ0) is 34.1. The van der Waals surface area contributed by atoms with Crippen molar-refractivity contribution in [3.8, 4) is 11.4 Å². The van der Waals surface area contributed by atoms with Crippen LogP contribution in [0.1, 0.15) is 21.5 Å². The Morgan fingerprint density at radius 1 is 0.604 bits per heavy atom. The minimum absolute atomic E-state index is 0.0417. The summed E-state index contributed by atoms with van der Waals surface area (Å²) in [4.78, 5) is 20.7. The fourth-order valence-electron chi connectivity index (χ4n) is 5.10. The van der Waals surface area contributed by atoms with E-state index >= 15 is 0 Å². The summed E-state index contributed by atoms with van der Waals surface area (Å²) in [7, 11) is 0. The van der Waals surface area contributed by atoms with Gasteiger partial charge in [0.1, 0.15) is 12.7 Å². The number of nitrogen functional groups attached to an aromatic ring is 1. The first-order valence-corrected chi connectivity index (χ1v) is 14.3. The SMILES string of the molecule is Nc1cc(C(F)(F)F)cc2ncn(-c3ccccc3)c12.O=C(Nc1cc(C(F)(F)F)cc2ncn(-c3ccccc3)c12)c1ccccc1. The maximum Gasteiger partial charge on any atom is 0.416 e. The summed E-state index contributed by atoms with van der Waals surface area (Å²) in [6, 6.07) is 30.4. The molecule has 0 aliphatic rings. The third-order valence-electron chi connectivity index (χ3n) is 7.32. The fourth-order valence-corrected chi connectivity index (χ4v) is 5.10. The van der Waals surface area contributed by atoms with Crippen LogP contribution in [0.15, 0.2) is 128 Å². The fraction of sp³-hybridized carbons (Fsp3) is 0.0571. The monoisotopic (exact) mass is 658 g/mol. The van der Waals surface area contributed by atoms with Gasteiger partial charge in [0, 0.05) is 16.9 Å². The Bertz CT molecular complexity index is 2210. The van der Waals surface area contributed by atoms with Crippen molar-refractivity contribution in [1.29, 1.82) is 0 Å². The van der Waals surface area contributed by atoms with Crippen molar-refractivity contribution in [3.63, 3.8) is 0 Å². The van der Waals surface area contributed by atoms with Crippen LogP contribution in [0.25, 0.3) is 33.4 Å². The van der Waals surface area contributed by atoms with Crippen LogP contribution in [-0.2, 0) is 12.4 Å². The van der Waals surface area contributed by atoms with Crippen LogP contribution >= 0.6 is 0 Å². The normalized spacial score (nSPS) is 11.7. The molecule has 0 aliphatic carbocycles. The molecule has 13 heteroatoms. The molecule has 2 heterocycles. The lowest BCUT2D eigenvalue weighted by Crippen LogP contribution is -2.14. The van der Waals surface area contributed by atoms with E-state index in [1.807, 2.05) is 60.7 Å². The number of para-hydroxylation sites is 2. The number of nitrogens with zero attached hydrogens (tertiary/aromatic N) is 4. The maximum absolute atomic E-state index is 13.3. The number of anilines is 2. The molecule has 7 aromatic rings. The Morgan fingerprint density at radius 3 is 1.54 bits per heavy atom. The van der Waals surface area contributed by atoms with Crippen molar-refractivity contribution < 1.29 is 31.1 Å². The predicted octanol–water partition coefficient (Wildman–Crippen LogP) is 8.92. The Hall–Kier alpha value is -6.11. The molecule has 48 heavy (non-hydrogen) atoms. The quantitative estimate of drug-likeness (QED) is 0.146. The van der Waals surface area contributed by atoms with Gasteiger partial charge in [-0.05, 0) is 60.7 Å². The van der Waals surface area contributed by atoms with Gasteiger partial charge in [0.2, 0.25) is 0 Å². The van der Waals surface area contributed by atoms with E-state index in [1.165, 1.54) is 12.7 Å². The molecule has 0 aliphatic heterocycles. The third-order valence-corrected chi connectivity index (χ3v) is 7.32. The highest BCUT2D eigenvalue weighted by Gasteiger charge is 2.33. The van der Waals surface area contributed by atoms with Gasteiger partial charge in [0.25, 0.3) is 5.91 Å². The summed E-state index contributed by atoms with van der Waals surface area (Å²) in [5.41, 5.74) is 7.30. The van der Waals surface area contributed by atoms with E-state index in [1.54, 1.807) is 39.5 Å². The molecule has 1 amide bonds. The van der Waals surface area contributed by atoms with Crippen molar-refractivity contribution >= 4 is 39.3 Å². The molecular formula is C35H24F6N6O. The summed E-state index contributed by atoms with van der Waals surface area (Å²) in [6.07, 6.45) is -6.08. The van der Waals surface area contributed by atoms with Gasteiger partial charge in [-0.25, -0.2) is 9.97 Å². The van der Waals surface area contributed by atoms with Gasteiger partial charge in [-0.15, -0.1) is 0 Å². The van der Waals surface area contributed by atoms with Gasteiger partial charge in [0.15, 0.2) is 0 Å². The number of halogens is 6. The number of hydrogen-bond acceptors (Lipinski definition) is 4. The van der Waals surface area contributed by atoms with Crippen LogP contribution in [0.2, 0.25) is 0 Å². The van der Waals surface area contributed by atoms with Gasteiger partial charge in [-0.2, -0.15) is 26.3 Å². The van der Waals surface area contributed by atoms with E-state index in [0.29, 0.717) is 16.6 Å². The zero-order valence-electron chi connectivity index (χ0n) is 24.7. The maximum atomic E-state index is 13.3. The van der Waals surface area contributed by atoms with Gasteiger partial charge in [-0.1, -0.05) is 54.6 Å². The average molecular weight is 659 g/mol. The number of benzene rings is 5. The van der Waals surface area contributed by atoms with E-state index in [-0.39, 0.29) is 22.4 Å². The number of rotatable bonds is 4. The van der Waals surface area contributed by atoms with Gasteiger partial charge >= 0.3 is 12.4 Å². The lowest BCUT2D eigenvalue weighted by atomic mass is 10.1. The summed E-state index contributed by atoms with van der Waals surface area (Å²) >= 11 is 0. The minimum Gasteiger partial charge on any atom is -0.397 e. The number of hydrogen-bond donors (Lipinski definition) is 2. The zero-order valence-corrected chi connectivity index (χ0v) is 24.7. The lowest BCUT2D eigenvalue weighted by Gasteiger charge is -2.14. The van der Waals surface area contributed by atoms with Gasteiger partial charge < -0.3 is 11.1 Å². The number of aromatic nitrogens is 4. The third kappa shape index (κ3) is 6.56. The highest BCUT2D eigenvalue weighted by Crippen LogP contribution is 2.37. The molecule has 5 aromatic carbocycles. The molecule has 0 radical (unpaired) electrons. The molecule has 0 fully saturated rings. The first kappa shape index (κ1) is 31.9. The number of fused-ring (bicyclic) bond motifs is 2. The molecule has 2 aromatic heterocycles. The minimum atomic E-state index is -4.56. The summed E-state index contributed by atoms with van der Waals surface area (Å²) < 4.78 is 81.5.